The van der Waals surface area contributed by atoms with Gasteiger partial charge in [0, 0.05) is 6.20 Å². The number of rotatable bonds is 0. The average molecular weight is 226 g/mol. The van der Waals surface area contributed by atoms with Crippen LogP contribution in [0.15, 0.2) is 12.3 Å². The summed E-state index contributed by atoms with van der Waals surface area (Å²) in [5.74, 6) is 0. The molecule has 0 radical (unpaired) electrons. The molecule has 14 heavy (non-hydrogen) atoms. The smallest absolute Gasteiger partial charge is 0.244 e. The van der Waals surface area contributed by atoms with E-state index in [-0.39, 0.29) is 10.7 Å². The van der Waals surface area contributed by atoms with Gasteiger partial charge in [-0.3, -0.25) is 0 Å². The number of nitrogens with zero attached hydrogens (tertiary/aromatic N) is 1. The van der Waals surface area contributed by atoms with Crippen LogP contribution in [0.4, 0.5) is 13.2 Å². The first-order valence-corrected chi connectivity index (χ1v) is 4.49. The third kappa shape index (κ3) is 3.18. The molecular formula is C9H11ClF3N. The van der Waals surface area contributed by atoms with Gasteiger partial charge in [0.15, 0.2) is 0 Å². The summed E-state index contributed by atoms with van der Waals surface area (Å²) in [6.45, 7) is 5.29. The summed E-state index contributed by atoms with van der Waals surface area (Å²) in [5, 5.41) is -0.107. The molecular weight excluding hydrogens is 215 g/mol. The molecule has 0 unspecified atom stereocenters. The molecule has 0 atom stereocenters. The normalized spacial score (nSPS) is 10.5. The van der Waals surface area contributed by atoms with E-state index >= 15 is 0 Å². The van der Waals surface area contributed by atoms with Gasteiger partial charge in [-0.25, -0.2) is 4.98 Å². The van der Waals surface area contributed by atoms with E-state index in [1.807, 2.05) is 13.8 Å². The molecule has 0 fully saturated rings. The number of halogens is 4. The molecule has 0 aromatic carbocycles. The van der Waals surface area contributed by atoms with E-state index < -0.39 is 11.7 Å². The Kier molecular flexibility index (Phi) is 4.91. The van der Waals surface area contributed by atoms with Gasteiger partial charge < -0.3 is 0 Å². The molecule has 0 saturated heterocycles. The van der Waals surface area contributed by atoms with E-state index in [1.165, 1.54) is 6.92 Å². The maximum Gasteiger partial charge on any atom is 0.416 e. The molecule has 0 aliphatic heterocycles. The van der Waals surface area contributed by atoms with Gasteiger partial charge in [-0.2, -0.15) is 13.2 Å². The van der Waals surface area contributed by atoms with Crippen LogP contribution in [-0.4, -0.2) is 4.98 Å². The fourth-order valence-electron chi connectivity index (χ4n) is 0.817. The van der Waals surface area contributed by atoms with Gasteiger partial charge in [0.25, 0.3) is 0 Å². The number of hydrogen-bond donors (Lipinski definition) is 0. The first kappa shape index (κ1) is 13.2. The van der Waals surface area contributed by atoms with Crippen molar-refractivity contribution in [1.29, 1.82) is 0 Å². The fraction of sp³-hybridized carbons (Fsp3) is 0.444. The monoisotopic (exact) mass is 225 g/mol. The van der Waals surface area contributed by atoms with Crippen molar-refractivity contribution < 1.29 is 13.2 Å². The highest BCUT2D eigenvalue weighted by atomic mass is 35.5. The van der Waals surface area contributed by atoms with E-state index in [2.05, 4.69) is 4.98 Å². The highest BCUT2D eigenvalue weighted by molar-refractivity contribution is 6.30. The molecule has 80 valence electrons. The van der Waals surface area contributed by atoms with Crippen LogP contribution in [0.3, 0.4) is 0 Å². The molecule has 0 N–H and O–H groups in total. The minimum Gasteiger partial charge on any atom is -0.244 e. The Labute approximate surface area is 85.9 Å². The number of alkyl halides is 3. The second kappa shape index (κ2) is 5.20. The predicted octanol–water partition coefficient (Wildman–Crippen LogP) is 4.09. The average Bonchev–Trinajstić information content (AvgIpc) is 2.11. The van der Waals surface area contributed by atoms with Crippen LogP contribution < -0.4 is 0 Å². The maximum atomic E-state index is 12.1. The Bertz CT molecular complexity index is 297. The zero-order valence-corrected chi connectivity index (χ0v) is 8.87. The third-order valence-corrected chi connectivity index (χ3v) is 1.83. The van der Waals surface area contributed by atoms with E-state index in [0.717, 1.165) is 12.3 Å². The van der Waals surface area contributed by atoms with Crippen LogP contribution in [0.25, 0.3) is 0 Å². The standard InChI is InChI=1S/C7H5ClF3N.C2H6/c1-4-5(7(9,10)11)2-3-12-6(4)8;1-2/h2-3H,1H3;1-2H3. The van der Waals surface area contributed by atoms with Gasteiger partial charge in [0.1, 0.15) is 5.15 Å². The minimum absolute atomic E-state index is 0.0355. The van der Waals surface area contributed by atoms with E-state index in [4.69, 9.17) is 11.6 Å². The van der Waals surface area contributed by atoms with Crippen molar-refractivity contribution in [2.45, 2.75) is 26.9 Å². The Morgan fingerprint density at radius 2 is 1.79 bits per heavy atom. The van der Waals surface area contributed by atoms with Crippen LogP contribution in [-0.2, 0) is 6.18 Å². The van der Waals surface area contributed by atoms with Crippen LogP contribution in [0.1, 0.15) is 25.0 Å². The van der Waals surface area contributed by atoms with Crippen LogP contribution in [0.2, 0.25) is 5.15 Å². The molecule has 1 rings (SSSR count). The molecule has 0 aliphatic carbocycles. The van der Waals surface area contributed by atoms with E-state index in [1.54, 1.807) is 0 Å². The highest BCUT2D eigenvalue weighted by Gasteiger charge is 2.32. The van der Waals surface area contributed by atoms with Crippen LogP contribution in [0.5, 0.6) is 0 Å². The lowest BCUT2D eigenvalue weighted by molar-refractivity contribution is -0.138. The largest absolute Gasteiger partial charge is 0.416 e. The second-order valence-electron chi connectivity index (χ2n) is 2.27. The van der Waals surface area contributed by atoms with Crippen molar-refractivity contribution in [2.75, 3.05) is 0 Å². The van der Waals surface area contributed by atoms with Crippen LogP contribution >= 0.6 is 11.6 Å². The Hall–Kier alpha value is -0.770. The molecule has 1 heterocycles. The number of aromatic nitrogens is 1. The molecule has 0 aliphatic rings. The summed E-state index contributed by atoms with van der Waals surface area (Å²) in [7, 11) is 0. The molecule has 1 aromatic heterocycles. The van der Waals surface area contributed by atoms with Crippen molar-refractivity contribution in [2.24, 2.45) is 0 Å². The molecule has 0 amide bonds. The van der Waals surface area contributed by atoms with Crippen molar-refractivity contribution in [3.05, 3.63) is 28.5 Å². The molecule has 1 aromatic rings. The van der Waals surface area contributed by atoms with Crippen molar-refractivity contribution in [1.82, 2.24) is 4.98 Å². The van der Waals surface area contributed by atoms with Crippen LogP contribution in [0, 0.1) is 6.92 Å². The lowest BCUT2D eigenvalue weighted by atomic mass is 10.1. The molecule has 0 spiro atoms. The van der Waals surface area contributed by atoms with Gasteiger partial charge >= 0.3 is 6.18 Å². The SMILES string of the molecule is CC.Cc1c(C(F)(F)F)ccnc1Cl. The molecule has 1 nitrogen and oxygen atoms in total. The second-order valence-corrected chi connectivity index (χ2v) is 2.63. The summed E-state index contributed by atoms with van der Waals surface area (Å²) < 4.78 is 36.4. The van der Waals surface area contributed by atoms with Gasteiger partial charge in [-0.05, 0) is 18.6 Å². The predicted molar refractivity (Wildman–Crippen MR) is 50.3 cm³/mol. The lowest BCUT2D eigenvalue weighted by Crippen LogP contribution is -2.07. The molecule has 5 heteroatoms. The van der Waals surface area contributed by atoms with Crippen molar-refractivity contribution >= 4 is 11.6 Å². The molecule has 0 saturated carbocycles. The van der Waals surface area contributed by atoms with Gasteiger partial charge in [-0.15, -0.1) is 0 Å². The fourth-order valence-corrected chi connectivity index (χ4v) is 0.975. The zero-order valence-electron chi connectivity index (χ0n) is 8.11. The first-order valence-electron chi connectivity index (χ1n) is 4.11. The zero-order chi connectivity index (χ0) is 11.4. The number of pyridine rings is 1. The van der Waals surface area contributed by atoms with Crippen molar-refractivity contribution in [3.63, 3.8) is 0 Å². The van der Waals surface area contributed by atoms with Gasteiger partial charge in [-0.1, -0.05) is 25.4 Å². The highest BCUT2D eigenvalue weighted by Crippen LogP contribution is 2.33. The Balaban J connectivity index is 0.000000791. The number of hydrogen-bond acceptors (Lipinski definition) is 1. The Morgan fingerprint density at radius 1 is 1.29 bits per heavy atom. The van der Waals surface area contributed by atoms with Gasteiger partial charge in [0.05, 0.1) is 5.56 Å². The first-order chi connectivity index (χ1) is 6.43. The quantitative estimate of drug-likeness (QED) is 0.606. The van der Waals surface area contributed by atoms with E-state index in [9.17, 15) is 13.2 Å². The summed E-state index contributed by atoms with van der Waals surface area (Å²) in [5.41, 5.74) is -0.769. The molecule has 0 bridgehead atoms. The Morgan fingerprint density at radius 3 is 2.14 bits per heavy atom. The summed E-state index contributed by atoms with van der Waals surface area (Å²) in [4.78, 5) is 3.52. The summed E-state index contributed by atoms with van der Waals surface area (Å²) in [6.07, 6.45) is -3.31. The maximum absolute atomic E-state index is 12.1. The minimum atomic E-state index is -4.35. The lowest BCUT2D eigenvalue weighted by Gasteiger charge is -2.09. The third-order valence-electron chi connectivity index (χ3n) is 1.45. The topological polar surface area (TPSA) is 12.9 Å². The van der Waals surface area contributed by atoms with E-state index in [0.29, 0.717) is 0 Å². The summed E-state index contributed by atoms with van der Waals surface area (Å²) in [6, 6.07) is 0.904. The van der Waals surface area contributed by atoms with Gasteiger partial charge in [0.2, 0.25) is 0 Å². The van der Waals surface area contributed by atoms with Crippen molar-refractivity contribution in [3.8, 4) is 0 Å². The summed E-state index contributed by atoms with van der Waals surface area (Å²) >= 11 is 5.41.